The monoisotopic (exact) mass is 354 g/mol. The Morgan fingerprint density at radius 3 is 2.08 bits per heavy atom. The first-order chi connectivity index (χ1) is 11.7. The lowest BCUT2D eigenvalue weighted by atomic mass is 10.2. The van der Waals surface area contributed by atoms with E-state index in [0.717, 1.165) is 24.3 Å². The van der Waals surface area contributed by atoms with Gasteiger partial charge in [0, 0.05) is 17.4 Å². The van der Waals surface area contributed by atoms with Gasteiger partial charge in [0.25, 0.3) is 0 Å². The van der Waals surface area contributed by atoms with E-state index in [4.69, 9.17) is 9.84 Å². The molecule has 2 aromatic rings. The first kappa shape index (κ1) is 18.1. The van der Waals surface area contributed by atoms with Gasteiger partial charge in [0.1, 0.15) is 11.3 Å². The Hall–Kier alpha value is -3.23. The number of anilines is 2. The molecule has 6 nitrogen and oxygen atoms in total. The van der Waals surface area contributed by atoms with Crippen molar-refractivity contribution in [3.63, 3.8) is 0 Å². The van der Waals surface area contributed by atoms with Crippen molar-refractivity contribution >= 4 is 23.4 Å². The molecule has 0 atom stereocenters. The second kappa shape index (κ2) is 7.12. The van der Waals surface area contributed by atoms with Crippen LogP contribution >= 0.6 is 0 Å². The minimum absolute atomic E-state index is 0.0554. The molecule has 0 unspecified atom stereocenters. The number of carbonyl (C=O) groups is 2. The molecule has 3 N–H and O–H groups in total. The zero-order valence-electron chi connectivity index (χ0n) is 12.8. The van der Waals surface area contributed by atoms with Crippen molar-refractivity contribution in [1.29, 1.82) is 0 Å². The number of benzene rings is 2. The Morgan fingerprint density at radius 1 is 1.00 bits per heavy atom. The minimum Gasteiger partial charge on any atom is -0.496 e. The van der Waals surface area contributed by atoms with E-state index in [1.54, 1.807) is 0 Å². The van der Waals surface area contributed by atoms with Crippen LogP contribution in [0.25, 0.3) is 0 Å². The third-order valence-corrected chi connectivity index (χ3v) is 3.16. The summed E-state index contributed by atoms with van der Waals surface area (Å²) in [6, 6.07) is 7.17. The van der Waals surface area contributed by atoms with Crippen LogP contribution in [0, 0.1) is 0 Å². The molecule has 0 aliphatic heterocycles. The number of halogens is 3. The molecule has 2 aromatic carbocycles. The van der Waals surface area contributed by atoms with Gasteiger partial charge in [0.05, 0.1) is 12.7 Å². The topological polar surface area (TPSA) is 87.7 Å². The molecule has 0 saturated carbocycles. The van der Waals surface area contributed by atoms with Crippen molar-refractivity contribution in [3.05, 3.63) is 53.6 Å². The first-order valence-electron chi connectivity index (χ1n) is 6.87. The van der Waals surface area contributed by atoms with Gasteiger partial charge in [0.15, 0.2) is 0 Å². The van der Waals surface area contributed by atoms with Crippen molar-refractivity contribution in [3.8, 4) is 5.75 Å². The Kier molecular flexibility index (Phi) is 5.16. The van der Waals surface area contributed by atoms with E-state index in [0.29, 0.717) is 0 Å². The first-order valence-corrected chi connectivity index (χ1v) is 6.87. The maximum absolute atomic E-state index is 12.5. The van der Waals surface area contributed by atoms with Crippen LogP contribution in [-0.4, -0.2) is 24.2 Å². The number of alkyl halides is 3. The van der Waals surface area contributed by atoms with E-state index in [1.807, 2.05) is 0 Å². The van der Waals surface area contributed by atoms with E-state index in [2.05, 4.69) is 10.6 Å². The molecule has 2 rings (SSSR count). The summed E-state index contributed by atoms with van der Waals surface area (Å²) in [6.45, 7) is 0. The number of nitrogens with one attached hydrogen (secondary N) is 2. The molecule has 0 heterocycles. The van der Waals surface area contributed by atoms with E-state index < -0.39 is 23.7 Å². The predicted molar refractivity (Wildman–Crippen MR) is 84.0 cm³/mol. The molecule has 2 amide bonds. The van der Waals surface area contributed by atoms with Gasteiger partial charge in [-0.15, -0.1) is 0 Å². The molecular weight excluding hydrogens is 341 g/mol. The molecule has 25 heavy (non-hydrogen) atoms. The number of urea groups is 1. The summed E-state index contributed by atoms with van der Waals surface area (Å²) < 4.78 is 42.4. The number of carboxylic acids is 1. The van der Waals surface area contributed by atoms with Crippen molar-refractivity contribution in [1.82, 2.24) is 0 Å². The van der Waals surface area contributed by atoms with Crippen molar-refractivity contribution in [2.75, 3.05) is 17.7 Å². The lowest BCUT2D eigenvalue weighted by molar-refractivity contribution is -0.137. The minimum atomic E-state index is -4.46. The second-order valence-electron chi connectivity index (χ2n) is 4.87. The summed E-state index contributed by atoms with van der Waals surface area (Å²) in [5.74, 6) is -1.13. The number of hydrogen-bond acceptors (Lipinski definition) is 3. The number of rotatable bonds is 4. The molecule has 0 fully saturated rings. The van der Waals surface area contributed by atoms with Crippen LogP contribution in [-0.2, 0) is 6.18 Å². The van der Waals surface area contributed by atoms with Crippen LogP contribution in [0.1, 0.15) is 15.9 Å². The van der Waals surface area contributed by atoms with Gasteiger partial charge in [-0.1, -0.05) is 0 Å². The summed E-state index contributed by atoms with van der Waals surface area (Å²) in [7, 11) is 1.29. The molecule has 0 aliphatic carbocycles. The Labute approximate surface area is 140 Å². The smallest absolute Gasteiger partial charge is 0.416 e. The highest BCUT2D eigenvalue weighted by Gasteiger charge is 2.29. The fourth-order valence-electron chi connectivity index (χ4n) is 1.98. The van der Waals surface area contributed by atoms with E-state index in [-0.39, 0.29) is 22.7 Å². The number of carbonyl (C=O) groups excluding carboxylic acids is 1. The number of amides is 2. The molecule has 9 heteroatoms. The van der Waals surface area contributed by atoms with Gasteiger partial charge in [0.2, 0.25) is 0 Å². The molecule has 0 radical (unpaired) electrons. The molecule has 132 valence electrons. The van der Waals surface area contributed by atoms with Crippen molar-refractivity contribution in [2.24, 2.45) is 0 Å². The van der Waals surface area contributed by atoms with Crippen LogP contribution in [0.15, 0.2) is 42.5 Å². The molecular formula is C16H13F3N2O4. The summed E-state index contributed by atoms with van der Waals surface area (Å²) >= 11 is 0. The van der Waals surface area contributed by atoms with Gasteiger partial charge in [-0.2, -0.15) is 13.2 Å². The number of carboxylic acid groups (broad SMARTS) is 1. The van der Waals surface area contributed by atoms with Gasteiger partial charge < -0.3 is 20.5 Å². The highest BCUT2D eigenvalue weighted by atomic mass is 19.4. The largest absolute Gasteiger partial charge is 0.496 e. The van der Waals surface area contributed by atoms with Gasteiger partial charge in [-0.25, -0.2) is 9.59 Å². The lowest BCUT2D eigenvalue weighted by Crippen LogP contribution is -2.19. The van der Waals surface area contributed by atoms with Crippen molar-refractivity contribution < 1.29 is 32.6 Å². The van der Waals surface area contributed by atoms with Gasteiger partial charge in [-0.3, -0.25) is 0 Å². The molecule has 0 aromatic heterocycles. The number of aromatic carboxylic acids is 1. The fourth-order valence-corrected chi connectivity index (χ4v) is 1.98. The lowest BCUT2D eigenvalue weighted by Gasteiger charge is -2.11. The van der Waals surface area contributed by atoms with Crippen LogP contribution in [0.4, 0.5) is 29.3 Å². The van der Waals surface area contributed by atoms with Crippen LogP contribution < -0.4 is 15.4 Å². The van der Waals surface area contributed by atoms with Crippen LogP contribution in [0.2, 0.25) is 0 Å². The normalized spacial score (nSPS) is 10.9. The Bertz CT molecular complexity index is 789. The highest BCUT2D eigenvalue weighted by molar-refractivity contribution is 6.00. The molecule has 0 aliphatic rings. The van der Waals surface area contributed by atoms with Crippen LogP contribution in [0.3, 0.4) is 0 Å². The molecule has 0 spiro atoms. The number of methoxy groups -OCH3 is 1. The Balaban J connectivity index is 2.06. The standard InChI is InChI=1S/C16H13F3N2O4/c1-25-13-8-11(6-7-12(13)14(22)23)21-15(24)20-10-4-2-9(3-5-10)16(17,18)19/h2-8H,1H3,(H,22,23)(H2,20,21,24). The van der Waals surface area contributed by atoms with E-state index >= 15 is 0 Å². The highest BCUT2D eigenvalue weighted by Crippen LogP contribution is 2.30. The number of ether oxygens (including phenoxy) is 1. The summed E-state index contributed by atoms with van der Waals surface area (Å²) in [5.41, 5.74) is -0.477. The zero-order valence-corrected chi connectivity index (χ0v) is 12.8. The average Bonchev–Trinajstić information content (AvgIpc) is 2.54. The second-order valence-corrected chi connectivity index (χ2v) is 4.87. The van der Waals surface area contributed by atoms with E-state index in [9.17, 15) is 22.8 Å². The number of hydrogen-bond donors (Lipinski definition) is 3. The summed E-state index contributed by atoms with van der Waals surface area (Å²) in [4.78, 5) is 22.9. The van der Waals surface area contributed by atoms with Gasteiger partial charge in [-0.05, 0) is 36.4 Å². The summed E-state index contributed by atoms with van der Waals surface area (Å²) in [5, 5.41) is 13.8. The predicted octanol–water partition coefficient (Wildman–Crippen LogP) is 4.06. The Morgan fingerprint density at radius 2 is 1.56 bits per heavy atom. The third kappa shape index (κ3) is 4.63. The maximum atomic E-state index is 12.5. The quantitative estimate of drug-likeness (QED) is 0.773. The van der Waals surface area contributed by atoms with Crippen molar-refractivity contribution in [2.45, 2.75) is 6.18 Å². The SMILES string of the molecule is COc1cc(NC(=O)Nc2ccc(C(F)(F)F)cc2)ccc1C(=O)O. The zero-order chi connectivity index (χ0) is 18.6. The van der Waals surface area contributed by atoms with Gasteiger partial charge >= 0.3 is 18.2 Å². The summed E-state index contributed by atoms with van der Waals surface area (Å²) in [6.07, 6.45) is -4.46. The average molecular weight is 354 g/mol. The van der Waals surface area contributed by atoms with Crippen LogP contribution in [0.5, 0.6) is 5.75 Å². The third-order valence-electron chi connectivity index (χ3n) is 3.16. The maximum Gasteiger partial charge on any atom is 0.416 e. The van der Waals surface area contributed by atoms with E-state index in [1.165, 1.54) is 25.3 Å². The fraction of sp³-hybridized carbons (Fsp3) is 0.125. The molecule has 0 saturated heterocycles. The molecule has 0 bridgehead atoms.